The van der Waals surface area contributed by atoms with Gasteiger partial charge in [-0.1, -0.05) is 11.6 Å². The van der Waals surface area contributed by atoms with Crippen molar-refractivity contribution in [3.05, 3.63) is 62.9 Å². The maximum Gasteiger partial charge on any atom is 0.269 e. The lowest BCUT2D eigenvalue weighted by molar-refractivity contribution is -0.384. The molecule has 0 aliphatic rings. The van der Waals surface area contributed by atoms with Gasteiger partial charge in [-0.25, -0.2) is 4.39 Å². The van der Waals surface area contributed by atoms with Gasteiger partial charge in [0.25, 0.3) is 5.69 Å². The van der Waals surface area contributed by atoms with Gasteiger partial charge >= 0.3 is 0 Å². The van der Waals surface area contributed by atoms with Crippen molar-refractivity contribution in [1.29, 1.82) is 0 Å². The van der Waals surface area contributed by atoms with Crippen molar-refractivity contribution in [1.82, 2.24) is 0 Å². The van der Waals surface area contributed by atoms with E-state index in [0.29, 0.717) is 17.0 Å². The number of hydrogen-bond acceptors (Lipinski definition) is 5. The summed E-state index contributed by atoms with van der Waals surface area (Å²) in [5.74, 6) is 5.13. The normalized spacial score (nSPS) is 10.2. The molecule has 0 atom stereocenters. The number of nitrogens with zero attached hydrogens (tertiary/aromatic N) is 1. The molecule has 0 fully saturated rings. The maximum absolute atomic E-state index is 13.0. The average Bonchev–Trinajstić information content (AvgIpc) is 2.48. The Balaban J connectivity index is 2.19. The smallest absolute Gasteiger partial charge is 0.269 e. The highest BCUT2D eigenvalue weighted by Crippen LogP contribution is 2.25. The van der Waals surface area contributed by atoms with Crippen LogP contribution in [0.25, 0.3) is 0 Å². The van der Waals surface area contributed by atoms with E-state index in [-0.39, 0.29) is 17.3 Å². The number of benzene rings is 2. The molecule has 0 heterocycles. The number of non-ortho nitro benzene ring substituents is 1. The molecular formula is C13H11ClFN3O3. The van der Waals surface area contributed by atoms with Crippen molar-refractivity contribution >= 4 is 23.0 Å². The lowest BCUT2D eigenvalue weighted by atomic mass is 10.1. The number of rotatable bonds is 5. The van der Waals surface area contributed by atoms with E-state index in [4.69, 9.17) is 22.2 Å². The molecule has 0 aromatic heterocycles. The zero-order valence-corrected chi connectivity index (χ0v) is 11.4. The summed E-state index contributed by atoms with van der Waals surface area (Å²) in [5.41, 5.74) is 3.34. The fraction of sp³-hybridized carbons (Fsp3) is 0.0769. The standard InChI is InChI=1S/C13H11ClFN3O3/c14-11-6-10(2-3-12(11)15)21-7-8-5-9(18(19)20)1-4-13(8)17-16/h1-6,17H,7,16H2. The number of hydrazine groups is 1. The van der Waals surface area contributed by atoms with E-state index in [9.17, 15) is 14.5 Å². The van der Waals surface area contributed by atoms with Gasteiger partial charge in [0.05, 0.1) is 15.6 Å². The minimum absolute atomic E-state index is 0.0170. The second kappa shape index (κ2) is 6.38. The predicted molar refractivity (Wildman–Crippen MR) is 76.6 cm³/mol. The molecule has 2 aromatic carbocycles. The Morgan fingerprint density at radius 2 is 2.10 bits per heavy atom. The molecule has 6 nitrogen and oxygen atoms in total. The van der Waals surface area contributed by atoms with Crippen LogP contribution in [0.1, 0.15) is 5.56 Å². The molecule has 2 rings (SSSR count). The van der Waals surface area contributed by atoms with Gasteiger partial charge in [-0.2, -0.15) is 0 Å². The zero-order valence-electron chi connectivity index (χ0n) is 10.7. The van der Waals surface area contributed by atoms with Crippen molar-refractivity contribution in [2.75, 3.05) is 5.43 Å². The molecule has 0 unspecified atom stereocenters. The summed E-state index contributed by atoms with van der Waals surface area (Å²) < 4.78 is 18.5. The van der Waals surface area contributed by atoms with Crippen LogP contribution in [0.3, 0.4) is 0 Å². The van der Waals surface area contributed by atoms with Crippen LogP contribution < -0.4 is 16.0 Å². The minimum Gasteiger partial charge on any atom is -0.489 e. The summed E-state index contributed by atoms with van der Waals surface area (Å²) in [4.78, 5) is 10.2. The van der Waals surface area contributed by atoms with Crippen LogP contribution in [0.15, 0.2) is 36.4 Å². The van der Waals surface area contributed by atoms with Gasteiger partial charge in [0.2, 0.25) is 0 Å². The Bertz CT molecular complexity index is 682. The third-order valence-corrected chi connectivity index (χ3v) is 3.03. The Morgan fingerprint density at radius 3 is 2.71 bits per heavy atom. The van der Waals surface area contributed by atoms with Gasteiger partial charge in [-0.15, -0.1) is 0 Å². The van der Waals surface area contributed by atoms with Crippen LogP contribution in [0.5, 0.6) is 5.75 Å². The van der Waals surface area contributed by atoms with Crippen LogP contribution in [-0.2, 0) is 6.61 Å². The number of nitro benzene ring substituents is 1. The maximum atomic E-state index is 13.0. The summed E-state index contributed by atoms with van der Waals surface area (Å²) in [5, 5.41) is 10.7. The quantitative estimate of drug-likeness (QED) is 0.502. The molecule has 2 aromatic rings. The summed E-state index contributed by atoms with van der Waals surface area (Å²) >= 11 is 5.64. The molecule has 8 heteroatoms. The van der Waals surface area contributed by atoms with Crippen LogP contribution in [0.4, 0.5) is 15.8 Å². The van der Waals surface area contributed by atoms with E-state index in [1.54, 1.807) is 0 Å². The molecule has 0 saturated carbocycles. The number of anilines is 1. The number of ether oxygens (including phenoxy) is 1. The number of halogens is 2. The molecular weight excluding hydrogens is 301 g/mol. The first-order valence-corrected chi connectivity index (χ1v) is 6.21. The first-order valence-electron chi connectivity index (χ1n) is 5.83. The van der Waals surface area contributed by atoms with Gasteiger partial charge in [-0.05, 0) is 18.2 Å². The van der Waals surface area contributed by atoms with Gasteiger partial charge in [0.15, 0.2) is 0 Å². The third kappa shape index (κ3) is 3.59. The molecule has 3 N–H and O–H groups in total. The highest BCUT2D eigenvalue weighted by atomic mass is 35.5. The SMILES string of the molecule is NNc1ccc([N+](=O)[O-])cc1COc1ccc(F)c(Cl)c1. The Labute approximate surface area is 124 Å². The van der Waals surface area contributed by atoms with E-state index >= 15 is 0 Å². The highest BCUT2D eigenvalue weighted by Gasteiger charge is 2.11. The van der Waals surface area contributed by atoms with Gasteiger partial charge in [-0.3, -0.25) is 16.0 Å². The highest BCUT2D eigenvalue weighted by molar-refractivity contribution is 6.30. The largest absolute Gasteiger partial charge is 0.489 e. The van der Waals surface area contributed by atoms with Gasteiger partial charge in [0.1, 0.15) is 18.2 Å². The topological polar surface area (TPSA) is 90.4 Å². The second-order valence-corrected chi connectivity index (χ2v) is 4.51. The van der Waals surface area contributed by atoms with Crippen LogP contribution in [-0.4, -0.2) is 4.92 Å². The lowest BCUT2D eigenvalue weighted by Crippen LogP contribution is -2.10. The van der Waals surface area contributed by atoms with Crippen LogP contribution in [0.2, 0.25) is 5.02 Å². The molecule has 0 radical (unpaired) electrons. The van der Waals surface area contributed by atoms with Crippen molar-refractivity contribution in [3.8, 4) is 5.75 Å². The number of hydrogen-bond donors (Lipinski definition) is 2. The van der Waals surface area contributed by atoms with E-state index < -0.39 is 10.7 Å². The number of nitrogen functional groups attached to an aromatic ring is 1. The first-order chi connectivity index (χ1) is 10.0. The lowest BCUT2D eigenvalue weighted by Gasteiger charge is -2.11. The predicted octanol–water partition coefficient (Wildman–Crippen LogP) is 3.25. The Kier molecular flexibility index (Phi) is 4.56. The molecule has 0 bridgehead atoms. The molecule has 0 spiro atoms. The van der Waals surface area contributed by atoms with Crippen molar-refractivity contribution in [2.24, 2.45) is 5.84 Å². The fourth-order valence-corrected chi connectivity index (χ4v) is 1.85. The molecule has 110 valence electrons. The molecule has 0 aliphatic carbocycles. The number of nitro groups is 1. The van der Waals surface area contributed by atoms with E-state index in [1.165, 1.54) is 36.4 Å². The van der Waals surface area contributed by atoms with E-state index in [2.05, 4.69) is 5.43 Å². The second-order valence-electron chi connectivity index (χ2n) is 4.11. The molecule has 0 saturated heterocycles. The average molecular weight is 312 g/mol. The summed E-state index contributed by atoms with van der Waals surface area (Å²) in [6.45, 7) is 0.0170. The van der Waals surface area contributed by atoms with E-state index in [1.807, 2.05) is 0 Å². The third-order valence-electron chi connectivity index (χ3n) is 2.74. The molecule has 0 aliphatic heterocycles. The van der Waals surface area contributed by atoms with Gasteiger partial charge < -0.3 is 10.2 Å². The fourth-order valence-electron chi connectivity index (χ4n) is 1.68. The minimum atomic E-state index is -0.552. The zero-order chi connectivity index (χ0) is 15.4. The molecule has 21 heavy (non-hydrogen) atoms. The number of nitrogens with two attached hydrogens (primary N) is 1. The Hall–Kier alpha value is -2.38. The van der Waals surface area contributed by atoms with Crippen molar-refractivity contribution < 1.29 is 14.1 Å². The summed E-state index contributed by atoms with van der Waals surface area (Å²) in [7, 11) is 0. The molecule has 0 amide bonds. The van der Waals surface area contributed by atoms with Gasteiger partial charge in [0, 0.05) is 23.8 Å². The van der Waals surface area contributed by atoms with Crippen LogP contribution in [0, 0.1) is 15.9 Å². The first kappa shape index (κ1) is 15.0. The van der Waals surface area contributed by atoms with Crippen molar-refractivity contribution in [2.45, 2.75) is 6.61 Å². The monoisotopic (exact) mass is 311 g/mol. The number of nitrogens with one attached hydrogen (secondary N) is 1. The van der Waals surface area contributed by atoms with Crippen molar-refractivity contribution in [3.63, 3.8) is 0 Å². The van der Waals surface area contributed by atoms with E-state index in [0.717, 1.165) is 0 Å². The summed E-state index contributed by atoms with van der Waals surface area (Å²) in [6, 6.07) is 8.06. The van der Waals surface area contributed by atoms with Crippen LogP contribution >= 0.6 is 11.6 Å². The Morgan fingerprint density at radius 1 is 1.33 bits per heavy atom. The summed E-state index contributed by atoms with van der Waals surface area (Å²) in [6.07, 6.45) is 0.